The fraction of sp³-hybridized carbons (Fsp3) is 0.538. The molecule has 1 aromatic rings. The number of hydrogen-bond acceptors (Lipinski definition) is 5. The molecule has 0 saturated heterocycles. The topological polar surface area (TPSA) is 78.9 Å². The highest BCUT2D eigenvalue weighted by Crippen LogP contribution is 2.22. The van der Waals surface area contributed by atoms with Gasteiger partial charge in [-0.15, -0.1) is 0 Å². The van der Waals surface area contributed by atoms with Gasteiger partial charge in [0, 0.05) is 18.7 Å². The molecule has 0 amide bonds. The lowest BCUT2D eigenvalue weighted by molar-refractivity contribution is 0.273. The average molecular weight is 302 g/mol. The molecule has 0 atom stereocenters. The van der Waals surface area contributed by atoms with Gasteiger partial charge in [-0.25, -0.2) is 13.1 Å². The number of hydrogen-bond donors (Lipinski definition) is 2. The van der Waals surface area contributed by atoms with Crippen molar-refractivity contribution in [2.45, 2.75) is 18.4 Å². The molecular formula is C13H22N2O4S. The van der Waals surface area contributed by atoms with Gasteiger partial charge in [0.25, 0.3) is 0 Å². The summed E-state index contributed by atoms with van der Waals surface area (Å²) in [6, 6.07) is 4.42. The van der Waals surface area contributed by atoms with Crippen LogP contribution >= 0.6 is 0 Å². The van der Waals surface area contributed by atoms with Gasteiger partial charge in [0.1, 0.15) is 5.75 Å². The monoisotopic (exact) mass is 302 g/mol. The standard InChI is InChI=1S/C13H22N2O4S/c1-4-15(2)8-7-14-20(17,18)12-5-6-13(19-3)11(9-12)10-16/h5-6,9,14,16H,4,7-8,10H2,1-3H3. The zero-order valence-electron chi connectivity index (χ0n) is 12.1. The second-order valence-electron chi connectivity index (χ2n) is 4.43. The number of nitrogens with zero attached hydrogens (tertiary/aromatic N) is 1. The Morgan fingerprint density at radius 3 is 2.65 bits per heavy atom. The Morgan fingerprint density at radius 1 is 1.40 bits per heavy atom. The summed E-state index contributed by atoms with van der Waals surface area (Å²) in [5.41, 5.74) is 0.445. The normalized spacial score (nSPS) is 11.8. The van der Waals surface area contributed by atoms with E-state index in [1.807, 2.05) is 18.9 Å². The summed E-state index contributed by atoms with van der Waals surface area (Å²) in [6.07, 6.45) is 0. The number of aliphatic hydroxyl groups is 1. The molecule has 6 nitrogen and oxygen atoms in total. The van der Waals surface area contributed by atoms with Crippen molar-refractivity contribution in [1.82, 2.24) is 9.62 Å². The van der Waals surface area contributed by atoms with Crippen molar-refractivity contribution in [1.29, 1.82) is 0 Å². The molecule has 0 aliphatic carbocycles. The first-order valence-electron chi connectivity index (χ1n) is 6.40. The molecule has 0 spiro atoms. The number of aliphatic hydroxyl groups excluding tert-OH is 1. The van der Waals surface area contributed by atoms with E-state index in [-0.39, 0.29) is 11.5 Å². The van der Waals surface area contributed by atoms with Crippen molar-refractivity contribution in [2.24, 2.45) is 0 Å². The number of methoxy groups -OCH3 is 1. The Bertz CT molecular complexity index is 531. The van der Waals surface area contributed by atoms with Crippen LogP contribution in [0.25, 0.3) is 0 Å². The molecule has 0 aromatic heterocycles. The van der Waals surface area contributed by atoms with E-state index < -0.39 is 10.0 Å². The highest BCUT2D eigenvalue weighted by atomic mass is 32.2. The highest BCUT2D eigenvalue weighted by Gasteiger charge is 2.15. The lowest BCUT2D eigenvalue weighted by atomic mass is 10.2. The third kappa shape index (κ3) is 4.45. The van der Waals surface area contributed by atoms with E-state index in [4.69, 9.17) is 4.74 Å². The Morgan fingerprint density at radius 2 is 2.10 bits per heavy atom. The van der Waals surface area contributed by atoms with E-state index in [1.165, 1.54) is 25.3 Å². The van der Waals surface area contributed by atoms with Crippen LogP contribution in [0.4, 0.5) is 0 Å². The van der Waals surface area contributed by atoms with E-state index in [0.717, 1.165) is 6.54 Å². The Labute approximate surface area is 120 Å². The van der Waals surface area contributed by atoms with E-state index in [0.29, 0.717) is 24.4 Å². The third-order valence-corrected chi connectivity index (χ3v) is 4.52. The summed E-state index contributed by atoms with van der Waals surface area (Å²) < 4.78 is 31.8. The maximum atomic E-state index is 12.1. The van der Waals surface area contributed by atoms with Crippen LogP contribution in [-0.2, 0) is 16.6 Å². The molecule has 0 heterocycles. The van der Waals surface area contributed by atoms with Gasteiger partial charge in [0.15, 0.2) is 0 Å². The number of likely N-dealkylation sites (N-methyl/N-ethyl adjacent to an activating group) is 1. The van der Waals surface area contributed by atoms with Crippen LogP contribution in [0, 0.1) is 0 Å². The van der Waals surface area contributed by atoms with E-state index >= 15 is 0 Å². The van der Waals surface area contributed by atoms with Crippen molar-refractivity contribution in [3.05, 3.63) is 23.8 Å². The zero-order valence-corrected chi connectivity index (χ0v) is 12.9. The zero-order chi connectivity index (χ0) is 15.2. The van der Waals surface area contributed by atoms with Gasteiger partial charge in [0.05, 0.1) is 18.6 Å². The van der Waals surface area contributed by atoms with Gasteiger partial charge < -0.3 is 14.7 Å². The molecule has 0 aliphatic heterocycles. The SMILES string of the molecule is CCN(C)CCNS(=O)(=O)c1ccc(OC)c(CO)c1. The second-order valence-corrected chi connectivity index (χ2v) is 6.19. The van der Waals surface area contributed by atoms with Gasteiger partial charge in [-0.05, 0) is 31.8 Å². The van der Waals surface area contributed by atoms with Crippen LogP contribution in [0.1, 0.15) is 12.5 Å². The molecule has 1 rings (SSSR count). The minimum Gasteiger partial charge on any atom is -0.496 e. The summed E-state index contributed by atoms with van der Waals surface area (Å²) in [6.45, 7) is 3.57. The van der Waals surface area contributed by atoms with Crippen LogP contribution in [-0.4, -0.2) is 52.2 Å². The largest absolute Gasteiger partial charge is 0.496 e. The smallest absolute Gasteiger partial charge is 0.240 e. The number of sulfonamides is 1. The molecule has 2 N–H and O–H groups in total. The first-order chi connectivity index (χ1) is 9.44. The number of nitrogens with one attached hydrogen (secondary N) is 1. The van der Waals surface area contributed by atoms with Crippen LogP contribution < -0.4 is 9.46 Å². The first-order valence-corrected chi connectivity index (χ1v) is 7.89. The molecule has 114 valence electrons. The summed E-state index contributed by atoms with van der Waals surface area (Å²) in [5, 5.41) is 9.22. The molecule has 7 heteroatoms. The second kappa shape index (κ2) is 7.58. The number of rotatable bonds is 8. The van der Waals surface area contributed by atoms with Crippen LogP contribution in [0.2, 0.25) is 0 Å². The Kier molecular flexibility index (Phi) is 6.41. The molecule has 0 radical (unpaired) electrons. The van der Waals surface area contributed by atoms with Gasteiger partial charge in [0.2, 0.25) is 10.0 Å². The van der Waals surface area contributed by atoms with Crippen molar-refractivity contribution >= 4 is 10.0 Å². The predicted molar refractivity (Wildman–Crippen MR) is 77.3 cm³/mol. The first kappa shape index (κ1) is 16.9. The van der Waals surface area contributed by atoms with Crippen LogP contribution in [0.5, 0.6) is 5.75 Å². The summed E-state index contributed by atoms with van der Waals surface area (Å²) in [7, 11) is -0.169. The molecule has 0 bridgehead atoms. The highest BCUT2D eigenvalue weighted by molar-refractivity contribution is 7.89. The summed E-state index contributed by atoms with van der Waals surface area (Å²) in [5.74, 6) is 0.470. The molecule has 0 aliphatic rings. The Balaban J connectivity index is 2.82. The maximum Gasteiger partial charge on any atom is 0.240 e. The van der Waals surface area contributed by atoms with Crippen molar-refractivity contribution < 1.29 is 18.3 Å². The summed E-state index contributed by atoms with van der Waals surface area (Å²) >= 11 is 0. The average Bonchev–Trinajstić information content (AvgIpc) is 2.45. The van der Waals surface area contributed by atoms with Gasteiger partial charge in [-0.3, -0.25) is 0 Å². The molecular weight excluding hydrogens is 280 g/mol. The van der Waals surface area contributed by atoms with Crippen molar-refractivity contribution in [3.8, 4) is 5.75 Å². The lowest BCUT2D eigenvalue weighted by Crippen LogP contribution is -2.32. The van der Waals surface area contributed by atoms with Crippen LogP contribution in [0.15, 0.2) is 23.1 Å². The van der Waals surface area contributed by atoms with Crippen molar-refractivity contribution in [2.75, 3.05) is 33.8 Å². The lowest BCUT2D eigenvalue weighted by Gasteiger charge is -2.14. The number of benzene rings is 1. The van der Waals surface area contributed by atoms with Gasteiger partial charge in [-0.1, -0.05) is 6.92 Å². The van der Waals surface area contributed by atoms with Gasteiger partial charge >= 0.3 is 0 Å². The minimum absolute atomic E-state index is 0.126. The fourth-order valence-corrected chi connectivity index (χ4v) is 2.73. The summed E-state index contributed by atoms with van der Waals surface area (Å²) in [4.78, 5) is 2.14. The third-order valence-electron chi connectivity index (χ3n) is 3.06. The molecule has 0 fully saturated rings. The van der Waals surface area contributed by atoms with Crippen LogP contribution in [0.3, 0.4) is 0 Å². The fourth-order valence-electron chi connectivity index (χ4n) is 1.66. The van der Waals surface area contributed by atoms with E-state index in [9.17, 15) is 13.5 Å². The number of ether oxygens (including phenoxy) is 1. The maximum absolute atomic E-state index is 12.1. The molecule has 20 heavy (non-hydrogen) atoms. The molecule has 0 unspecified atom stereocenters. The Hall–Kier alpha value is -1.15. The quantitative estimate of drug-likeness (QED) is 0.727. The minimum atomic E-state index is -3.57. The molecule has 1 aromatic carbocycles. The predicted octanol–water partition coefficient (Wildman–Crippen LogP) is 0.417. The molecule has 0 saturated carbocycles. The van der Waals surface area contributed by atoms with E-state index in [1.54, 1.807) is 0 Å². The van der Waals surface area contributed by atoms with Gasteiger partial charge in [-0.2, -0.15) is 0 Å². The van der Waals surface area contributed by atoms with E-state index in [2.05, 4.69) is 4.72 Å². The van der Waals surface area contributed by atoms with Crippen molar-refractivity contribution in [3.63, 3.8) is 0 Å².